The van der Waals surface area contributed by atoms with E-state index < -0.39 is 0 Å². The minimum atomic E-state index is 0.532. The second-order valence-electron chi connectivity index (χ2n) is 6.53. The van der Waals surface area contributed by atoms with Gasteiger partial charge < -0.3 is 5.32 Å². The highest BCUT2D eigenvalue weighted by molar-refractivity contribution is 7.11. The third-order valence-corrected chi connectivity index (χ3v) is 5.14. The van der Waals surface area contributed by atoms with Gasteiger partial charge >= 0.3 is 0 Å². The van der Waals surface area contributed by atoms with Crippen LogP contribution in [0.1, 0.15) is 27.3 Å². The van der Waals surface area contributed by atoms with Crippen molar-refractivity contribution in [3.8, 4) is 17.3 Å². The van der Waals surface area contributed by atoms with Crippen molar-refractivity contribution >= 4 is 22.6 Å². The van der Waals surface area contributed by atoms with Gasteiger partial charge in [0.05, 0.1) is 5.69 Å². The molecule has 1 heterocycles. The highest BCUT2D eigenvalue weighted by Gasteiger charge is 2.09. The smallest absolute Gasteiger partial charge is 0.136 e. The number of anilines is 1. The van der Waals surface area contributed by atoms with Crippen LogP contribution in [0.15, 0.2) is 48.0 Å². The Bertz CT molecular complexity index is 1000. The van der Waals surface area contributed by atoms with E-state index in [4.69, 9.17) is 0 Å². The molecule has 130 valence electrons. The monoisotopic (exact) mass is 359 g/mol. The molecule has 1 aromatic heterocycles. The van der Waals surface area contributed by atoms with Crippen molar-refractivity contribution in [2.45, 2.75) is 27.7 Å². The zero-order chi connectivity index (χ0) is 18.7. The molecule has 3 rings (SSSR count). The molecule has 4 heteroatoms. The van der Waals surface area contributed by atoms with Gasteiger partial charge in [-0.15, -0.1) is 11.3 Å². The average molecular weight is 359 g/mol. The topological polar surface area (TPSA) is 48.7 Å². The minimum Gasteiger partial charge on any atom is -0.360 e. The van der Waals surface area contributed by atoms with Gasteiger partial charge in [-0.05, 0) is 68.1 Å². The van der Waals surface area contributed by atoms with Crippen LogP contribution in [-0.2, 0) is 0 Å². The van der Waals surface area contributed by atoms with E-state index in [0.717, 1.165) is 22.0 Å². The Morgan fingerprint density at radius 2 is 1.77 bits per heavy atom. The lowest BCUT2D eigenvalue weighted by atomic mass is 10.1. The lowest BCUT2D eigenvalue weighted by Crippen LogP contribution is -1.92. The number of allylic oxidation sites excluding steroid dienone is 1. The van der Waals surface area contributed by atoms with Gasteiger partial charge in [0.15, 0.2) is 0 Å². The number of thiazole rings is 1. The quantitative estimate of drug-likeness (QED) is 0.579. The van der Waals surface area contributed by atoms with Crippen molar-refractivity contribution in [3.05, 3.63) is 75.2 Å². The van der Waals surface area contributed by atoms with Crippen LogP contribution < -0.4 is 5.32 Å². The van der Waals surface area contributed by atoms with Crippen LogP contribution in [0, 0.1) is 39.0 Å². The zero-order valence-electron chi connectivity index (χ0n) is 15.4. The van der Waals surface area contributed by atoms with Crippen LogP contribution in [0.5, 0.6) is 0 Å². The minimum absolute atomic E-state index is 0.532. The summed E-state index contributed by atoms with van der Waals surface area (Å²) in [6, 6.07) is 14.8. The molecule has 0 bridgehead atoms. The van der Waals surface area contributed by atoms with Crippen LogP contribution in [0.2, 0.25) is 0 Å². The van der Waals surface area contributed by atoms with Crippen molar-refractivity contribution in [1.82, 2.24) is 4.98 Å². The molecular weight excluding hydrogens is 338 g/mol. The van der Waals surface area contributed by atoms with Gasteiger partial charge in [-0.3, -0.25) is 0 Å². The van der Waals surface area contributed by atoms with Crippen LogP contribution >= 0.6 is 11.3 Å². The third-order valence-electron chi connectivity index (χ3n) is 4.26. The maximum Gasteiger partial charge on any atom is 0.136 e. The molecule has 0 unspecified atom stereocenters. The second-order valence-corrected chi connectivity index (χ2v) is 7.39. The molecule has 26 heavy (non-hydrogen) atoms. The molecule has 0 aliphatic carbocycles. The molecule has 0 aliphatic heterocycles. The number of nitrogens with zero attached hydrogens (tertiary/aromatic N) is 2. The summed E-state index contributed by atoms with van der Waals surface area (Å²) in [6.45, 7) is 8.31. The molecule has 0 aliphatic rings. The number of nitrogens with one attached hydrogen (secondary N) is 1. The summed E-state index contributed by atoms with van der Waals surface area (Å²) < 4.78 is 0. The lowest BCUT2D eigenvalue weighted by Gasteiger charge is -2.05. The summed E-state index contributed by atoms with van der Waals surface area (Å²) in [5.74, 6) is 0. The van der Waals surface area contributed by atoms with E-state index in [1.165, 1.54) is 33.6 Å². The van der Waals surface area contributed by atoms with E-state index in [1.807, 2.05) is 5.38 Å². The van der Waals surface area contributed by atoms with Crippen LogP contribution in [0.25, 0.3) is 16.8 Å². The molecule has 0 fully saturated rings. The van der Waals surface area contributed by atoms with Crippen LogP contribution in [-0.4, -0.2) is 4.98 Å². The fraction of sp³-hybridized carbons (Fsp3) is 0.182. The Labute approximate surface area is 158 Å². The molecule has 2 aromatic carbocycles. The van der Waals surface area contributed by atoms with Gasteiger partial charge in [-0.25, -0.2) is 4.98 Å². The van der Waals surface area contributed by atoms with E-state index in [2.05, 4.69) is 80.5 Å². The van der Waals surface area contributed by atoms with Crippen molar-refractivity contribution in [2.24, 2.45) is 0 Å². The molecule has 0 spiro atoms. The third kappa shape index (κ3) is 4.01. The molecule has 0 saturated carbocycles. The lowest BCUT2D eigenvalue weighted by molar-refractivity contribution is 1.31. The van der Waals surface area contributed by atoms with Crippen LogP contribution in [0.4, 0.5) is 5.69 Å². The Morgan fingerprint density at radius 1 is 1.04 bits per heavy atom. The van der Waals surface area contributed by atoms with Gasteiger partial charge in [0.1, 0.15) is 16.6 Å². The summed E-state index contributed by atoms with van der Waals surface area (Å²) in [5.41, 5.74) is 8.36. The van der Waals surface area contributed by atoms with E-state index in [9.17, 15) is 5.26 Å². The molecule has 0 radical (unpaired) electrons. The van der Waals surface area contributed by atoms with Gasteiger partial charge in [-0.2, -0.15) is 5.26 Å². The Morgan fingerprint density at radius 3 is 2.42 bits per heavy atom. The zero-order valence-corrected chi connectivity index (χ0v) is 16.2. The predicted molar refractivity (Wildman–Crippen MR) is 110 cm³/mol. The number of aryl methyl sites for hydroxylation is 4. The summed E-state index contributed by atoms with van der Waals surface area (Å²) in [5, 5.41) is 15.5. The van der Waals surface area contributed by atoms with Crippen molar-refractivity contribution < 1.29 is 0 Å². The number of hydrogen-bond acceptors (Lipinski definition) is 4. The summed E-state index contributed by atoms with van der Waals surface area (Å²) >= 11 is 1.49. The van der Waals surface area contributed by atoms with Crippen molar-refractivity contribution in [2.75, 3.05) is 5.32 Å². The average Bonchev–Trinajstić information content (AvgIpc) is 3.07. The number of benzene rings is 2. The molecule has 3 nitrogen and oxygen atoms in total. The Kier molecular flexibility index (Phi) is 5.20. The standard InChI is InChI=1S/C22H21N3S/c1-14-7-15(2)9-20(8-14)24-12-19(11-23)22-25-21(13-26-22)18-6-5-16(3)17(4)10-18/h5-10,12-13,24H,1-4H3/b19-12-. The van der Waals surface area contributed by atoms with E-state index in [-0.39, 0.29) is 0 Å². The number of aromatic nitrogens is 1. The first-order valence-corrected chi connectivity index (χ1v) is 9.33. The molecule has 0 amide bonds. The van der Waals surface area contributed by atoms with E-state index >= 15 is 0 Å². The highest BCUT2D eigenvalue weighted by atomic mass is 32.1. The summed E-state index contributed by atoms with van der Waals surface area (Å²) in [4.78, 5) is 4.66. The van der Waals surface area contributed by atoms with Crippen molar-refractivity contribution in [1.29, 1.82) is 5.26 Å². The number of rotatable bonds is 4. The highest BCUT2D eigenvalue weighted by Crippen LogP contribution is 2.27. The molecule has 1 N–H and O–H groups in total. The SMILES string of the molecule is Cc1cc(C)cc(N/C=C(/C#N)c2nc(-c3ccc(C)c(C)c3)cs2)c1. The Balaban J connectivity index is 1.86. The fourth-order valence-electron chi connectivity index (χ4n) is 2.79. The maximum absolute atomic E-state index is 9.54. The summed E-state index contributed by atoms with van der Waals surface area (Å²) in [7, 11) is 0. The van der Waals surface area contributed by atoms with Gasteiger partial charge in [0, 0.05) is 22.8 Å². The van der Waals surface area contributed by atoms with Crippen molar-refractivity contribution in [3.63, 3.8) is 0 Å². The normalized spacial score (nSPS) is 11.3. The number of hydrogen-bond donors (Lipinski definition) is 1. The molecule has 0 atom stereocenters. The Hall–Kier alpha value is -2.90. The van der Waals surface area contributed by atoms with E-state index in [1.54, 1.807) is 6.20 Å². The predicted octanol–water partition coefficient (Wildman–Crippen LogP) is 6.02. The van der Waals surface area contributed by atoms with Crippen LogP contribution in [0.3, 0.4) is 0 Å². The largest absolute Gasteiger partial charge is 0.360 e. The number of nitriles is 1. The molecule has 0 saturated heterocycles. The summed E-state index contributed by atoms with van der Waals surface area (Å²) in [6.07, 6.45) is 1.73. The van der Waals surface area contributed by atoms with Gasteiger partial charge in [0.25, 0.3) is 0 Å². The van der Waals surface area contributed by atoms with E-state index in [0.29, 0.717) is 5.57 Å². The van der Waals surface area contributed by atoms with Gasteiger partial charge in [0.2, 0.25) is 0 Å². The van der Waals surface area contributed by atoms with Gasteiger partial charge in [-0.1, -0.05) is 18.2 Å². The molecular formula is C22H21N3S. The second kappa shape index (κ2) is 7.55. The fourth-order valence-corrected chi connectivity index (χ4v) is 3.58. The molecule has 3 aromatic rings. The first-order valence-electron chi connectivity index (χ1n) is 8.45. The first-order chi connectivity index (χ1) is 12.5. The first kappa shape index (κ1) is 17.9. The maximum atomic E-state index is 9.54.